The molecule has 0 fully saturated rings. The van der Waals surface area contributed by atoms with Crippen LogP contribution in [0, 0.1) is 23.7 Å². The van der Waals surface area contributed by atoms with Crippen molar-refractivity contribution in [3.05, 3.63) is 0 Å². The molecule has 0 heteroatoms. The third-order valence-electron chi connectivity index (χ3n) is 10.2. The van der Waals surface area contributed by atoms with Gasteiger partial charge in [0.2, 0.25) is 0 Å². The molecule has 0 aliphatic heterocycles. The fourth-order valence-electron chi connectivity index (χ4n) is 7.29. The molecule has 2 atom stereocenters. The highest BCUT2D eigenvalue weighted by Crippen LogP contribution is 2.34. The third-order valence-corrected chi connectivity index (χ3v) is 10.2. The van der Waals surface area contributed by atoms with Gasteiger partial charge in [0.05, 0.1) is 0 Å². The molecule has 42 heavy (non-hydrogen) atoms. The van der Waals surface area contributed by atoms with Crippen LogP contribution in [-0.2, 0) is 0 Å². The second kappa shape index (κ2) is 33.9. The van der Waals surface area contributed by atoms with Gasteiger partial charge in [-0.15, -0.1) is 0 Å². The smallest absolute Gasteiger partial charge is 0.0386 e. The Morgan fingerprint density at radius 1 is 0.238 bits per heavy atom. The predicted molar refractivity (Wildman–Crippen MR) is 196 cm³/mol. The lowest BCUT2D eigenvalue weighted by Gasteiger charge is -2.28. The molecule has 254 valence electrons. The van der Waals surface area contributed by atoms with E-state index in [1.165, 1.54) is 193 Å². The lowest BCUT2D eigenvalue weighted by atomic mass is 9.78. The standard InChI is InChI=1S/C42H86/c1-7-9-11-13-15-17-23-29-35-41(37-31-25-19-21-27-33-39(3)4)42(36-30-24-18-16-14-12-10-8-2)38-32-26-20-22-28-34-40(5)6/h39-42H,7-38H2,1-6H3. The minimum absolute atomic E-state index is 0.883. The molecule has 0 amide bonds. The van der Waals surface area contributed by atoms with Crippen LogP contribution >= 0.6 is 0 Å². The van der Waals surface area contributed by atoms with Gasteiger partial charge in [-0.2, -0.15) is 0 Å². The molecule has 0 saturated heterocycles. The topological polar surface area (TPSA) is 0 Å². The Morgan fingerprint density at radius 2 is 0.429 bits per heavy atom. The molecule has 2 unspecified atom stereocenters. The molecule has 0 aliphatic carbocycles. The Kier molecular flexibility index (Phi) is 33.9. The van der Waals surface area contributed by atoms with Gasteiger partial charge in [-0.05, 0) is 23.7 Å². The predicted octanol–water partition coefficient (Wildman–Crippen LogP) is 16.1. The summed E-state index contributed by atoms with van der Waals surface area (Å²) in [4.78, 5) is 0. The largest absolute Gasteiger partial charge is 0.0654 e. The van der Waals surface area contributed by atoms with Crippen molar-refractivity contribution < 1.29 is 0 Å². The second-order valence-electron chi connectivity index (χ2n) is 15.5. The molecule has 0 nitrogen and oxygen atoms in total. The Bertz CT molecular complexity index is 432. The first-order valence-electron chi connectivity index (χ1n) is 20.5. The van der Waals surface area contributed by atoms with E-state index in [-0.39, 0.29) is 0 Å². The third kappa shape index (κ3) is 31.4. The molecule has 0 aromatic carbocycles. The van der Waals surface area contributed by atoms with E-state index in [1.807, 2.05) is 0 Å². The van der Waals surface area contributed by atoms with Crippen molar-refractivity contribution in [1.29, 1.82) is 0 Å². The van der Waals surface area contributed by atoms with E-state index in [1.54, 1.807) is 12.8 Å². The van der Waals surface area contributed by atoms with Gasteiger partial charge < -0.3 is 0 Å². The first-order valence-corrected chi connectivity index (χ1v) is 20.5. The maximum Gasteiger partial charge on any atom is -0.0386 e. The number of unbranched alkanes of at least 4 members (excludes halogenated alkanes) is 22. The van der Waals surface area contributed by atoms with Gasteiger partial charge in [0.25, 0.3) is 0 Å². The van der Waals surface area contributed by atoms with Crippen molar-refractivity contribution in [3.63, 3.8) is 0 Å². The van der Waals surface area contributed by atoms with E-state index in [0.717, 1.165) is 23.7 Å². The quantitative estimate of drug-likeness (QED) is 0.0644. The van der Waals surface area contributed by atoms with Crippen molar-refractivity contribution in [2.24, 2.45) is 23.7 Å². The normalized spacial score (nSPS) is 13.4. The molecular formula is C42H86. The van der Waals surface area contributed by atoms with Gasteiger partial charge in [0, 0.05) is 0 Å². The molecule has 0 heterocycles. The van der Waals surface area contributed by atoms with Crippen LogP contribution in [0.25, 0.3) is 0 Å². The van der Waals surface area contributed by atoms with Gasteiger partial charge in [-0.1, -0.05) is 247 Å². The Morgan fingerprint density at radius 3 is 0.643 bits per heavy atom. The molecule has 0 bridgehead atoms. The minimum Gasteiger partial charge on any atom is -0.0654 e. The number of hydrogen-bond acceptors (Lipinski definition) is 0. The van der Waals surface area contributed by atoms with Gasteiger partial charge in [0.15, 0.2) is 0 Å². The summed E-state index contributed by atoms with van der Waals surface area (Å²) in [5, 5.41) is 0. The maximum atomic E-state index is 2.38. The number of hydrogen-bond donors (Lipinski definition) is 0. The highest BCUT2D eigenvalue weighted by atomic mass is 14.3. The van der Waals surface area contributed by atoms with E-state index in [9.17, 15) is 0 Å². The zero-order valence-corrected chi connectivity index (χ0v) is 30.9. The van der Waals surface area contributed by atoms with E-state index >= 15 is 0 Å². The zero-order chi connectivity index (χ0) is 30.9. The van der Waals surface area contributed by atoms with Crippen LogP contribution < -0.4 is 0 Å². The van der Waals surface area contributed by atoms with Gasteiger partial charge >= 0.3 is 0 Å². The highest BCUT2D eigenvalue weighted by molar-refractivity contribution is 4.72. The fraction of sp³-hybridized carbons (Fsp3) is 1.00. The van der Waals surface area contributed by atoms with Crippen LogP contribution in [0.3, 0.4) is 0 Å². The van der Waals surface area contributed by atoms with Crippen molar-refractivity contribution in [3.8, 4) is 0 Å². The van der Waals surface area contributed by atoms with Gasteiger partial charge in [-0.25, -0.2) is 0 Å². The molecule has 0 N–H and O–H groups in total. The molecule has 0 saturated carbocycles. The second-order valence-corrected chi connectivity index (χ2v) is 15.5. The van der Waals surface area contributed by atoms with E-state index in [2.05, 4.69) is 41.5 Å². The lowest BCUT2D eigenvalue weighted by Crippen LogP contribution is -2.16. The summed E-state index contributed by atoms with van der Waals surface area (Å²) in [5.41, 5.74) is 0. The first kappa shape index (κ1) is 42.0. The number of rotatable bonds is 35. The van der Waals surface area contributed by atoms with Crippen molar-refractivity contribution in [2.45, 2.75) is 247 Å². The summed E-state index contributed by atoms with van der Waals surface area (Å²) in [5.74, 6) is 3.80. The lowest BCUT2D eigenvalue weighted by molar-refractivity contribution is 0.236. The van der Waals surface area contributed by atoms with E-state index in [4.69, 9.17) is 0 Å². The van der Waals surface area contributed by atoms with Crippen LogP contribution in [0.4, 0.5) is 0 Å². The summed E-state index contributed by atoms with van der Waals surface area (Å²) in [7, 11) is 0. The molecule has 0 rings (SSSR count). The van der Waals surface area contributed by atoms with Crippen LogP contribution in [-0.4, -0.2) is 0 Å². The van der Waals surface area contributed by atoms with Crippen LogP contribution in [0.15, 0.2) is 0 Å². The molecule has 0 aromatic heterocycles. The average Bonchev–Trinajstić information content (AvgIpc) is 2.96. The summed E-state index contributed by atoms with van der Waals surface area (Å²) < 4.78 is 0. The molecular weight excluding hydrogens is 504 g/mol. The molecule has 0 aliphatic rings. The molecule has 0 radical (unpaired) electrons. The minimum atomic E-state index is 0.883. The van der Waals surface area contributed by atoms with Gasteiger partial charge in [-0.3, -0.25) is 0 Å². The Labute approximate surface area is 270 Å². The fourth-order valence-corrected chi connectivity index (χ4v) is 7.29. The SMILES string of the molecule is CCCCCCCCCCC(CCCCCCCC(C)C)C(CCCCCCCCCC)CCCCCCCC(C)C. The molecule has 0 aromatic rings. The van der Waals surface area contributed by atoms with Gasteiger partial charge in [0.1, 0.15) is 0 Å². The van der Waals surface area contributed by atoms with E-state index in [0.29, 0.717) is 0 Å². The van der Waals surface area contributed by atoms with Crippen LogP contribution in [0.1, 0.15) is 247 Å². The summed E-state index contributed by atoms with van der Waals surface area (Å²) in [6.07, 6.45) is 47.3. The van der Waals surface area contributed by atoms with Crippen LogP contribution in [0.2, 0.25) is 0 Å². The molecule has 0 spiro atoms. The van der Waals surface area contributed by atoms with Crippen molar-refractivity contribution >= 4 is 0 Å². The zero-order valence-electron chi connectivity index (χ0n) is 30.9. The highest BCUT2D eigenvalue weighted by Gasteiger charge is 2.20. The maximum absolute atomic E-state index is 2.38. The van der Waals surface area contributed by atoms with Crippen LogP contribution in [0.5, 0.6) is 0 Å². The summed E-state index contributed by atoms with van der Waals surface area (Å²) in [6.45, 7) is 14.2. The summed E-state index contributed by atoms with van der Waals surface area (Å²) in [6, 6.07) is 0. The monoisotopic (exact) mass is 591 g/mol. The Balaban J connectivity index is 4.79. The van der Waals surface area contributed by atoms with E-state index < -0.39 is 0 Å². The first-order chi connectivity index (χ1) is 20.5. The van der Waals surface area contributed by atoms with Crippen molar-refractivity contribution in [2.75, 3.05) is 0 Å². The summed E-state index contributed by atoms with van der Waals surface area (Å²) >= 11 is 0. The Hall–Kier alpha value is 0. The average molecular weight is 591 g/mol. The van der Waals surface area contributed by atoms with Crippen molar-refractivity contribution in [1.82, 2.24) is 0 Å².